The molecule has 0 saturated heterocycles. The van der Waals surface area contributed by atoms with Crippen LogP contribution in [0.3, 0.4) is 0 Å². The first-order chi connectivity index (χ1) is 18.0. The van der Waals surface area contributed by atoms with Crippen molar-refractivity contribution in [3.05, 3.63) is 78.4 Å². The number of aromatic carboxylic acids is 1. The average Bonchev–Trinajstić information content (AvgIpc) is 2.93. The van der Waals surface area contributed by atoms with E-state index in [1.165, 1.54) is 23.9 Å². The van der Waals surface area contributed by atoms with Gasteiger partial charge in [-0.25, -0.2) is 9.78 Å². The molecule has 9 nitrogen and oxygen atoms in total. The summed E-state index contributed by atoms with van der Waals surface area (Å²) in [6, 6.07) is 21.0. The van der Waals surface area contributed by atoms with Crippen LogP contribution in [0, 0.1) is 0 Å². The topological polar surface area (TPSA) is 124 Å². The standard InChI is InChI=1S/C27H24N4O5S/c1-35-21-11-5-17(6-12-21)24-25(18-7-13-22(36-2)14-8-18)30-31-27(29-24)37-16-15-23(32)28-20-9-3-19(4-10-20)26(33)34/h3-14H,15-16H2,1-2H3,(H,28,32)(H,33,34). The predicted octanol–water partition coefficient (Wildman–Crippen LogP) is 5.04. The molecule has 1 aromatic heterocycles. The zero-order valence-electron chi connectivity index (χ0n) is 20.2. The Balaban J connectivity index is 1.48. The van der Waals surface area contributed by atoms with E-state index in [2.05, 4.69) is 15.5 Å². The zero-order valence-corrected chi connectivity index (χ0v) is 21.0. The quantitative estimate of drug-likeness (QED) is 0.279. The number of aromatic nitrogens is 3. The maximum atomic E-state index is 12.3. The Morgan fingerprint density at radius 3 is 1.92 bits per heavy atom. The van der Waals surface area contributed by atoms with E-state index in [1.807, 2.05) is 48.5 Å². The molecule has 0 radical (unpaired) electrons. The maximum absolute atomic E-state index is 12.3. The van der Waals surface area contributed by atoms with Gasteiger partial charge in [-0.1, -0.05) is 11.8 Å². The van der Waals surface area contributed by atoms with E-state index in [-0.39, 0.29) is 17.9 Å². The molecule has 10 heteroatoms. The lowest BCUT2D eigenvalue weighted by Gasteiger charge is -2.11. The molecule has 3 aromatic carbocycles. The largest absolute Gasteiger partial charge is 0.497 e. The molecule has 37 heavy (non-hydrogen) atoms. The molecule has 0 spiro atoms. The van der Waals surface area contributed by atoms with Crippen molar-refractivity contribution in [2.45, 2.75) is 11.6 Å². The second-order valence-corrected chi connectivity index (χ2v) is 8.84. The van der Waals surface area contributed by atoms with E-state index in [1.54, 1.807) is 26.4 Å². The summed E-state index contributed by atoms with van der Waals surface area (Å²) < 4.78 is 10.5. The Labute approximate surface area is 217 Å². The molecule has 0 atom stereocenters. The first kappa shape index (κ1) is 25.6. The molecule has 4 aromatic rings. The van der Waals surface area contributed by atoms with E-state index < -0.39 is 5.97 Å². The summed E-state index contributed by atoms with van der Waals surface area (Å²) in [4.78, 5) is 28.1. The summed E-state index contributed by atoms with van der Waals surface area (Å²) in [6.45, 7) is 0. The van der Waals surface area contributed by atoms with Gasteiger partial charge in [-0.15, -0.1) is 10.2 Å². The van der Waals surface area contributed by atoms with Crippen LogP contribution in [-0.2, 0) is 4.79 Å². The normalized spacial score (nSPS) is 10.5. The number of ether oxygens (including phenoxy) is 2. The smallest absolute Gasteiger partial charge is 0.335 e. The molecule has 0 bridgehead atoms. The molecule has 0 saturated carbocycles. The Kier molecular flexibility index (Phi) is 8.32. The molecular formula is C27H24N4O5S. The number of anilines is 1. The molecule has 0 aliphatic carbocycles. The minimum Gasteiger partial charge on any atom is -0.497 e. The lowest BCUT2D eigenvalue weighted by atomic mass is 10.0. The van der Waals surface area contributed by atoms with Crippen LogP contribution < -0.4 is 14.8 Å². The van der Waals surface area contributed by atoms with Crippen LogP contribution in [0.4, 0.5) is 5.69 Å². The molecule has 0 fully saturated rings. The molecule has 0 unspecified atom stereocenters. The van der Waals surface area contributed by atoms with Gasteiger partial charge >= 0.3 is 5.97 Å². The van der Waals surface area contributed by atoms with Crippen LogP contribution in [0.15, 0.2) is 78.0 Å². The first-order valence-corrected chi connectivity index (χ1v) is 12.2. The van der Waals surface area contributed by atoms with Crippen LogP contribution in [-0.4, -0.2) is 52.1 Å². The lowest BCUT2D eigenvalue weighted by Crippen LogP contribution is -2.12. The molecule has 2 N–H and O–H groups in total. The number of carbonyl (C=O) groups is 2. The number of hydrogen-bond donors (Lipinski definition) is 2. The number of nitrogens with zero attached hydrogens (tertiary/aromatic N) is 3. The summed E-state index contributed by atoms with van der Waals surface area (Å²) in [5.74, 6) is 0.683. The fraction of sp³-hybridized carbons (Fsp3) is 0.148. The number of amides is 1. The highest BCUT2D eigenvalue weighted by Crippen LogP contribution is 2.32. The predicted molar refractivity (Wildman–Crippen MR) is 141 cm³/mol. The fourth-order valence-corrected chi connectivity index (χ4v) is 4.14. The maximum Gasteiger partial charge on any atom is 0.335 e. The number of thioether (sulfide) groups is 1. The van der Waals surface area contributed by atoms with Gasteiger partial charge in [0, 0.05) is 29.0 Å². The number of carboxylic acid groups (broad SMARTS) is 1. The molecule has 1 heterocycles. The molecular weight excluding hydrogens is 492 g/mol. The molecule has 188 valence electrons. The van der Waals surface area contributed by atoms with Gasteiger partial charge in [0.2, 0.25) is 11.1 Å². The Morgan fingerprint density at radius 1 is 0.811 bits per heavy atom. The number of carbonyl (C=O) groups excluding carboxylic acids is 1. The third-order valence-electron chi connectivity index (χ3n) is 5.37. The third kappa shape index (κ3) is 6.62. The van der Waals surface area contributed by atoms with Crippen LogP contribution in [0.5, 0.6) is 11.5 Å². The van der Waals surface area contributed by atoms with Crippen molar-refractivity contribution in [2.75, 3.05) is 25.3 Å². The number of carboxylic acids is 1. The van der Waals surface area contributed by atoms with Gasteiger partial charge in [-0.3, -0.25) is 4.79 Å². The lowest BCUT2D eigenvalue weighted by molar-refractivity contribution is -0.115. The highest BCUT2D eigenvalue weighted by molar-refractivity contribution is 7.99. The van der Waals surface area contributed by atoms with E-state index in [0.29, 0.717) is 28.0 Å². The first-order valence-electron chi connectivity index (χ1n) is 11.3. The van der Waals surface area contributed by atoms with E-state index in [4.69, 9.17) is 19.6 Å². The van der Waals surface area contributed by atoms with Gasteiger partial charge in [0.1, 0.15) is 22.9 Å². The van der Waals surface area contributed by atoms with Crippen LogP contribution in [0.1, 0.15) is 16.8 Å². The van der Waals surface area contributed by atoms with E-state index in [0.717, 1.165) is 22.6 Å². The van der Waals surface area contributed by atoms with Gasteiger partial charge in [-0.2, -0.15) is 0 Å². The minimum atomic E-state index is -1.02. The molecule has 0 aliphatic rings. The monoisotopic (exact) mass is 516 g/mol. The van der Waals surface area contributed by atoms with Crippen LogP contribution >= 0.6 is 11.8 Å². The van der Waals surface area contributed by atoms with Crippen molar-refractivity contribution in [1.29, 1.82) is 0 Å². The summed E-state index contributed by atoms with van der Waals surface area (Å²) in [6.07, 6.45) is 0.215. The number of benzene rings is 3. The van der Waals surface area contributed by atoms with Gasteiger partial charge in [0.15, 0.2) is 0 Å². The SMILES string of the molecule is COc1ccc(-c2nnc(SCCC(=O)Nc3ccc(C(=O)O)cc3)nc2-c2ccc(OC)cc2)cc1. The van der Waals surface area contributed by atoms with Crippen molar-refractivity contribution >= 4 is 29.3 Å². The van der Waals surface area contributed by atoms with Crippen LogP contribution in [0.25, 0.3) is 22.5 Å². The summed E-state index contributed by atoms with van der Waals surface area (Å²) in [5.41, 5.74) is 3.67. The zero-order chi connectivity index (χ0) is 26.2. The summed E-state index contributed by atoms with van der Waals surface area (Å²) in [5, 5.41) is 20.9. The second-order valence-electron chi connectivity index (χ2n) is 7.78. The molecule has 4 rings (SSSR count). The molecule has 1 amide bonds. The summed E-state index contributed by atoms with van der Waals surface area (Å²) >= 11 is 1.32. The van der Waals surface area contributed by atoms with Gasteiger partial charge in [0.05, 0.1) is 19.8 Å². The van der Waals surface area contributed by atoms with Crippen molar-refractivity contribution in [2.24, 2.45) is 0 Å². The minimum absolute atomic E-state index is 0.156. The Hall–Kier alpha value is -4.44. The Morgan fingerprint density at radius 2 is 1.38 bits per heavy atom. The van der Waals surface area contributed by atoms with Crippen molar-refractivity contribution in [3.63, 3.8) is 0 Å². The second kappa shape index (κ2) is 12.0. The third-order valence-corrected chi connectivity index (χ3v) is 6.21. The van der Waals surface area contributed by atoms with Crippen molar-refractivity contribution in [3.8, 4) is 34.0 Å². The summed E-state index contributed by atoms with van der Waals surface area (Å²) in [7, 11) is 3.22. The average molecular weight is 517 g/mol. The van der Waals surface area contributed by atoms with Gasteiger partial charge in [-0.05, 0) is 72.8 Å². The number of hydrogen-bond acceptors (Lipinski definition) is 8. The van der Waals surface area contributed by atoms with Crippen molar-refractivity contribution in [1.82, 2.24) is 15.2 Å². The van der Waals surface area contributed by atoms with Gasteiger partial charge in [0.25, 0.3) is 0 Å². The van der Waals surface area contributed by atoms with Crippen LogP contribution in [0.2, 0.25) is 0 Å². The highest BCUT2D eigenvalue weighted by Gasteiger charge is 2.15. The van der Waals surface area contributed by atoms with E-state index in [9.17, 15) is 9.59 Å². The number of rotatable bonds is 10. The number of nitrogens with one attached hydrogen (secondary N) is 1. The van der Waals surface area contributed by atoms with E-state index >= 15 is 0 Å². The molecule has 0 aliphatic heterocycles. The highest BCUT2D eigenvalue weighted by atomic mass is 32.2. The van der Waals surface area contributed by atoms with Crippen molar-refractivity contribution < 1.29 is 24.2 Å². The number of methoxy groups -OCH3 is 2. The fourth-order valence-electron chi connectivity index (χ4n) is 3.42. The van der Waals surface area contributed by atoms with Gasteiger partial charge < -0.3 is 19.9 Å². The Bertz CT molecular complexity index is 1380.